The highest BCUT2D eigenvalue weighted by atomic mass is 16.4. The Morgan fingerprint density at radius 1 is 1.08 bits per heavy atom. The van der Waals surface area contributed by atoms with Gasteiger partial charge < -0.3 is 0 Å². The van der Waals surface area contributed by atoms with Crippen molar-refractivity contribution in [1.29, 1.82) is 0 Å². The van der Waals surface area contributed by atoms with E-state index in [1.165, 1.54) is 12.8 Å². The molecule has 2 nitrogen and oxygen atoms in total. The molecular weight excluding hydrogens is 164 g/mol. The molecule has 0 heterocycles. The first-order valence-corrected chi connectivity index (χ1v) is 5.16. The normalized spacial score (nSPS) is 27.8. The number of carbonyl (C=O) groups excluding carboxylic acids is 1. The molecular formula is C11H17O2. The summed E-state index contributed by atoms with van der Waals surface area (Å²) in [6.07, 6.45) is 11.3. The summed E-state index contributed by atoms with van der Waals surface area (Å²) in [7, 11) is 0. The van der Waals surface area contributed by atoms with Crippen molar-refractivity contribution in [3.8, 4) is 0 Å². The molecule has 0 saturated carbocycles. The maximum absolute atomic E-state index is 10.7. The Morgan fingerprint density at radius 3 is 2.62 bits per heavy atom. The van der Waals surface area contributed by atoms with E-state index in [2.05, 4.69) is 6.08 Å². The van der Waals surface area contributed by atoms with Gasteiger partial charge in [0.25, 0.3) is 0 Å². The molecule has 0 aliphatic heterocycles. The second-order valence-electron chi connectivity index (χ2n) is 3.71. The first kappa shape index (κ1) is 10.3. The SMILES string of the molecule is [O]C(=O)C1C/C=C/CCCCCC1. The van der Waals surface area contributed by atoms with Gasteiger partial charge in [0.1, 0.15) is 0 Å². The number of carbonyl (C=O) groups is 1. The lowest BCUT2D eigenvalue weighted by molar-refractivity contribution is -0.148. The molecule has 0 amide bonds. The topological polar surface area (TPSA) is 37.0 Å². The fourth-order valence-corrected chi connectivity index (χ4v) is 1.72. The Morgan fingerprint density at radius 2 is 1.85 bits per heavy atom. The predicted octanol–water partition coefficient (Wildman–Crippen LogP) is 2.86. The van der Waals surface area contributed by atoms with Crippen LogP contribution in [0.3, 0.4) is 0 Å². The zero-order chi connectivity index (χ0) is 9.52. The third-order valence-electron chi connectivity index (χ3n) is 2.59. The van der Waals surface area contributed by atoms with E-state index in [0.717, 1.165) is 25.7 Å². The highest BCUT2D eigenvalue weighted by molar-refractivity contribution is 5.69. The van der Waals surface area contributed by atoms with Gasteiger partial charge in [-0.3, -0.25) is 0 Å². The zero-order valence-electron chi connectivity index (χ0n) is 8.00. The van der Waals surface area contributed by atoms with Crippen molar-refractivity contribution in [3.63, 3.8) is 0 Å². The first-order valence-electron chi connectivity index (χ1n) is 5.16. The summed E-state index contributed by atoms with van der Waals surface area (Å²) in [4.78, 5) is 10.7. The minimum absolute atomic E-state index is 0.255. The van der Waals surface area contributed by atoms with Gasteiger partial charge in [0.2, 0.25) is 0 Å². The minimum Gasteiger partial charge on any atom is -0.247 e. The lowest BCUT2D eigenvalue weighted by Gasteiger charge is -2.09. The van der Waals surface area contributed by atoms with Gasteiger partial charge in [0.05, 0.1) is 5.92 Å². The van der Waals surface area contributed by atoms with E-state index in [1.54, 1.807) is 0 Å². The number of hydrogen-bond acceptors (Lipinski definition) is 1. The summed E-state index contributed by atoms with van der Waals surface area (Å²) in [6.45, 7) is 0. The molecule has 1 radical (unpaired) electrons. The number of allylic oxidation sites excluding steroid dienone is 2. The molecule has 0 aromatic carbocycles. The summed E-state index contributed by atoms with van der Waals surface area (Å²) in [5, 5.41) is 10.7. The molecule has 73 valence electrons. The second kappa shape index (κ2) is 5.79. The average Bonchev–Trinajstić information content (AvgIpc) is 2.14. The molecule has 0 bridgehead atoms. The second-order valence-corrected chi connectivity index (χ2v) is 3.71. The van der Waals surface area contributed by atoms with Crippen molar-refractivity contribution in [1.82, 2.24) is 0 Å². The maximum atomic E-state index is 10.7. The van der Waals surface area contributed by atoms with Gasteiger partial charge >= 0.3 is 5.97 Å². The standard InChI is InChI=1S/C11H17O2/c12-11(13)10-8-6-4-2-1-3-5-7-9-10/h4,6,10H,1-3,5,7-9H2/b6-4+. The molecule has 0 spiro atoms. The van der Waals surface area contributed by atoms with Crippen LogP contribution in [0.25, 0.3) is 0 Å². The Labute approximate surface area is 79.6 Å². The fraction of sp³-hybridized carbons (Fsp3) is 0.727. The lowest BCUT2D eigenvalue weighted by Crippen LogP contribution is -2.11. The van der Waals surface area contributed by atoms with Crippen LogP contribution >= 0.6 is 0 Å². The van der Waals surface area contributed by atoms with Crippen LogP contribution in [0.1, 0.15) is 44.9 Å². The molecule has 1 aliphatic carbocycles. The van der Waals surface area contributed by atoms with Crippen LogP contribution in [0.15, 0.2) is 12.2 Å². The molecule has 1 unspecified atom stereocenters. The van der Waals surface area contributed by atoms with Gasteiger partial charge in [-0.15, -0.1) is 0 Å². The van der Waals surface area contributed by atoms with E-state index in [0.29, 0.717) is 6.42 Å². The van der Waals surface area contributed by atoms with Crippen molar-refractivity contribution in [2.45, 2.75) is 44.9 Å². The van der Waals surface area contributed by atoms with Crippen LogP contribution < -0.4 is 0 Å². The third kappa shape index (κ3) is 4.11. The van der Waals surface area contributed by atoms with Gasteiger partial charge in [0.15, 0.2) is 0 Å². The van der Waals surface area contributed by atoms with Crippen LogP contribution in [-0.2, 0) is 9.90 Å². The average molecular weight is 181 g/mol. The largest absolute Gasteiger partial charge is 0.358 e. The number of rotatable bonds is 1. The van der Waals surface area contributed by atoms with Crippen molar-refractivity contribution >= 4 is 5.97 Å². The summed E-state index contributed by atoms with van der Waals surface area (Å²) < 4.78 is 0. The van der Waals surface area contributed by atoms with E-state index in [9.17, 15) is 9.90 Å². The van der Waals surface area contributed by atoms with Crippen LogP contribution in [-0.4, -0.2) is 5.97 Å². The predicted molar refractivity (Wildman–Crippen MR) is 50.6 cm³/mol. The van der Waals surface area contributed by atoms with Crippen molar-refractivity contribution < 1.29 is 9.90 Å². The number of hydrogen-bond donors (Lipinski definition) is 0. The van der Waals surface area contributed by atoms with Crippen LogP contribution in [0.2, 0.25) is 0 Å². The molecule has 0 N–H and O–H groups in total. The van der Waals surface area contributed by atoms with Crippen molar-refractivity contribution in [2.24, 2.45) is 5.92 Å². The molecule has 0 saturated heterocycles. The Bertz CT molecular complexity index is 185. The van der Waals surface area contributed by atoms with Crippen LogP contribution in [0.5, 0.6) is 0 Å². The third-order valence-corrected chi connectivity index (χ3v) is 2.59. The highest BCUT2D eigenvalue weighted by Gasteiger charge is 2.17. The van der Waals surface area contributed by atoms with Gasteiger partial charge in [-0.2, -0.15) is 0 Å². The van der Waals surface area contributed by atoms with Gasteiger partial charge in [0, 0.05) is 0 Å². The molecule has 0 aromatic rings. The summed E-state index contributed by atoms with van der Waals surface area (Å²) in [5.74, 6) is -1.14. The smallest absolute Gasteiger partial charge is 0.247 e. The van der Waals surface area contributed by atoms with E-state index in [1.807, 2.05) is 6.08 Å². The summed E-state index contributed by atoms with van der Waals surface area (Å²) >= 11 is 0. The molecule has 0 fully saturated rings. The quantitative estimate of drug-likeness (QED) is 0.573. The molecule has 1 atom stereocenters. The molecule has 1 rings (SSSR count). The minimum atomic E-state index is -0.884. The monoisotopic (exact) mass is 181 g/mol. The van der Waals surface area contributed by atoms with Gasteiger partial charge in [-0.1, -0.05) is 31.4 Å². The molecule has 1 aliphatic rings. The highest BCUT2D eigenvalue weighted by Crippen LogP contribution is 2.18. The zero-order valence-corrected chi connectivity index (χ0v) is 8.00. The maximum Gasteiger partial charge on any atom is 0.358 e. The van der Waals surface area contributed by atoms with Crippen molar-refractivity contribution in [3.05, 3.63) is 12.2 Å². The van der Waals surface area contributed by atoms with E-state index in [4.69, 9.17) is 0 Å². The van der Waals surface area contributed by atoms with Gasteiger partial charge in [-0.25, -0.2) is 9.90 Å². The Kier molecular flexibility index (Phi) is 4.58. The van der Waals surface area contributed by atoms with Gasteiger partial charge in [-0.05, 0) is 25.7 Å². The molecule has 2 heteroatoms. The lowest BCUT2D eigenvalue weighted by atomic mass is 9.95. The summed E-state index contributed by atoms with van der Waals surface area (Å²) in [6, 6.07) is 0. The van der Waals surface area contributed by atoms with E-state index >= 15 is 0 Å². The van der Waals surface area contributed by atoms with E-state index in [-0.39, 0.29) is 5.92 Å². The fourth-order valence-electron chi connectivity index (χ4n) is 1.72. The van der Waals surface area contributed by atoms with E-state index < -0.39 is 5.97 Å². The Hall–Kier alpha value is -0.790. The molecule has 0 aromatic heterocycles. The van der Waals surface area contributed by atoms with Crippen LogP contribution in [0, 0.1) is 5.92 Å². The van der Waals surface area contributed by atoms with Crippen molar-refractivity contribution in [2.75, 3.05) is 0 Å². The molecule has 13 heavy (non-hydrogen) atoms. The summed E-state index contributed by atoms with van der Waals surface area (Å²) in [5.41, 5.74) is 0. The van der Waals surface area contributed by atoms with Crippen LogP contribution in [0.4, 0.5) is 0 Å². The first-order chi connectivity index (χ1) is 6.30. The Balaban J connectivity index is 2.42.